The van der Waals surface area contributed by atoms with E-state index >= 15 is 0 Å². The number of carbonyl (C=O) groups excluding carboxylic acids is 1. The quantitative estimate of drug-likeness (QED) is 0.693. The molecule has 1 aromatic heterocycles. The molecule has 0 bridgehead atoms. The maximum absolute atomic E-state index is 11.7. The minimum absolute atomic E-state index is 0.00616. The van der Waals surface area contributed by atoms with Gasteiger partial charge in [0.25, 0.3) is 0 Å². The molecule has 0 saturated carbocycles. The van der Waals surface area contributed by atoms with E-state index in [0.717, 1.165) is 16.8 Å². The molecule has 2 rings (SSSR count). The van der Waals surface area contributed by atoms with Gasteiger partial charge >= 0.3 is 16.3 Å². The smallest absolute Gasteiger partial charge is 0.365 e. The summed E-state index contributed by atoms with van der Waals surface area (Å²) in [4.78, 5) is 25.7. The number of nitrogens with zero attached hydrogens (tertiary/aromatic N) is 2. The van der Waals surface area contributed by atoms with Crippen LogP contribution in [-0.4, -0.2) is 34.9 Å². The van der Waals surface area contributed by atoms with Crippen LogP contribution < -0.4 is 9.62 Å². The fraction of sp³-hybridized carbons (Fsp3) is 0.0833. The minimum Gasteiger partial charge on any atom is -0.476 e. The fourth-order valence-corrected chi connectivity index (χ4v) is 3.58. The Morgan fingerprint density at radius 2 is 1.87 bits per heavy atom. The molecule has 0 atom stereocenters. The highest BCUT2D eigenvalue weighted by Gasteiger charge is 2.29. The summed E-state index contributed by atoms with van der Waals surface area (Å²) in [6.07, 6.45) is 0. The van der Waals surface area contributed by atoms with E-state index < -0.39 is 22.0 Å². The average Bonchev–Trinajstić information content (AvgIpc) is 2.88. The SMILES string of the molecule is CC(=O)Nc1ccc(N(c2scnc2C(=O)O)S(=O)(=O)O)cc1. The van der Waals surface area contributed by atoms with E-state index in [2.05, 4.69) is 10.3 Å². The minimum atomic E-state index is -4.78. The lowest BCUT2D eigenvalue weighted by Crippen LogP contribution is -2.26. The van der Waals surface area contributed by atoms with Gasteiger partial charge in [-0.2, -0.15) is 8.42 Å². The van der Waals surface area contributed by atoms with Gasteiger partial charge in [0.2, 0.25) is 5.91 Å². The van der Waals surface area contributed by atoms with Gasteiger partial charge in [0, 0.05) is 12.6 Å². The molecule has 9 nitrogen and oxygen atoms in total. The zero-order valence-corrected chi connectivity index (χ0v) is 13.3. The van der Waals surface area contributed by atoms with E-state index in [1.165, 1.54) is 31.2 Å². The zero-order chi connectivity index (χ0) is 17.2. The predicted molar refractivity (Wildman–Crippen MR) is 83.5 cm³/mol. The van der Waals surface area contributed by atoms with E-state index in [1.807, 2.05) is 0 Å². The first-order chi connectivity index (χ1) is 10.7. The maximum Gasteiger partial charge on any atom is 0.365 e. The lowest BCUT2D eigenvalue weighted by molar-refractivity contribution is -0.114. The number of anilines is 3. The number of amides is 1. The Bertz CT molecular complexity index is 844. The maximum atomic E-state index is 11.7. The summed E-state index contributed by atoms with van der Waals surface area (Å²) in [6.45, 7) is 1.31. The Hall–Kier alpha value is -2.50. The monoisotopic (exact) mass is 357 g/mol. The van der Waals surface area contributed by atoms with Crippen molar-refractivity contribution in [3.05, 3.63) is 35.5 Å². The van der Waals surface area contributed by atoms with Crippen LogP contribution in [0.25, 0.3) is 0 Å². The molecular formula is C12H11N3O6S2. The highest BCUT2D eigenvalue weighted by Crippen LogP contribution is 2.34. The number of rotatable bonds is 5. The first kappa shape index (κ1) is 16.9. The van der Waals surface area contributed by atoms with Crippen LogP contribution in [0.5, 0.6) is 0 Å². The van der Waals surface area contributed by atoms with Crippen LogP contribution >= 0.6 is 11.3 Å². The Kier molecular flexibility index (Phi) is 4.63. The molecule has 1 aromatic carbocycles. The Balaban J connectivity index is 2.50. The van der Waals surface area contributed by atoms with Gasteiger partial charge in [-0.05, 0) is 24.3 Å². The number of carbonyl (C=O) groups is 2. The molecule has 0 aliphatic carbocycles. The molecule has 0 unspecified atom stereocenters. The van der Waals surface area contributed by atoms with Crippen LogP contribution in [0.2, 0.25) is 0 Å². The standard InChI is InChI=1S/C12H11N3O6S2/c1-7(16)14-8-2-4-9(5-3-8)15(23(19,20)21)11-10(12(17)18)13-6-22-11/h2-6H,1H3,(H,14,16)(H,17,18)(H,19,20,21). The molecule has 0 spiro atoms. The molecule has 0 radical (unpaired) electrons. The third-order valence-electron chi connectivity index (χ3n) is 2.59. The van der Waals surface area contributed by atoms with Crippen molar-refractivity contribution < 1.29 is 27.7 Å². The summed E-state index contributed by atoms with van der Waals surface area (Å²) in [6, 6.07) is 5.45. The molecule has 3 N–H and O–H groups in total. The van der Waals surface area contributed by atoms with Gasteiger partial charge in [-0.25, -0.2) is 14.1 Å². The first-order valence-electron chi connectivity index (χ1n) is 6.02. The lowest BCUT2D eigenvalue weighted by Gasteiger charge is -2.19. The second-order valence-electron chi connectivity index (χ2n) is 4.28. The third-order valence-corrected chi connectivity index (χ3v) is 4.37. The molecule has 1 heterocycles. The van der Waals surface area contributed by atoms with Crippen molar-refractivity contribution in [2.75, 3.05) is 9.62 Å². The molecule has 2 aromatic rings. The van der Waals surface area contributed by atoms with Crippen molar-refractivity contribution in [3.63, 3.8) is 0 Å². The largest absolute Gasteiger partial charge is 0.476 e. The summed E-state index contributed by atoms with van der Waals surface area (Å²) in [5.74, 6) is -1.73. The fourth-order valence-electron chi connectivity index (χ4n) is 1.77. The molecule has 122 valence electrons. The molecule has 1 amide bonds. The van der Waals surface area contributed by atoms with Crippen LogP contribution in [0.3, 0.4) is 0 Å². The summed E-state index contributed by atoms with van der Waals surface area (Å²) in [5, 5.41) is 11.3. The Morgan fingerprint density at radius 1 is 1.26 bits per heavy atom. The zero-order valence-electron chi connectivity index (χ0n) is 11.6. The van der Waals surface area contributed by atoms with Crippen molar-refractivity contribution in [3.8, 4) is 0 Å². The number of nitrogens with one attached hydrogen (secondary N) is 1. The summed E-state index contributed by atoms with van der Waals surface area (Å²) in [7, 11) is -4.78. The van der Waals surface area contributed by atoms with Gasteiger partial charge in [0.15, 0.2) is 5.69 Å². The third kappa shape index (κ3) is 3.83. The van der Waals surface area contributed by atoms with E-state index in [1.54, 1.807) is 0 Å². The average molecular weight is 357 g/mol. The van der Waals surface area contributed by atoms with Gasteiger partial charge in [0.05, 0.1) is 11.2 Å². The molecule has 0 saturated heterocycles. The van der Waals surface area contributed by atoms with Gasteiger partial charge in [0.1, 0.15) is 5.00 Å². The number of aromatic nitrogens is 1. The summed E-state index contributed by atoms with van der Waals surface area (Å²) < 4.78 is 33.2. The van der Waals surface area contributed by atoms with Crippen molar-refractivity contribution in [1.29, 1.82) is 0 Å². The normalized spacial score (nSPS) is 11.0. The Morgan fingerprint density at radius 3 is 2.35 bits per heavy atom. The van der Waals surface area contributed by atoms with Gasteiger partial charge in [-0.15, -0.1) is 11.3 Å². The Labute approximate surface area is 135 Å². The first-order valence-corrected chi connectivity index (χ1v) is 8.30. The van der Waals surface area contributed by atoms with Crippen LogP contribution in [0, 0.1) is 0 Å². The number of carboxylic acid groups (broad SMARTS) is 1. The van der Waals surface area contributed by atoms with E-state index in [4.69, 9.17) is 5.11 Å². The predicted octanol–water partition coefficient (Wildman–Crippen LogP) is 1.74. The lowest BCUT2D eigenvalue weighted by atomic mass is 10.2. The number of thiazole rings is 1. The number of hydrogen-bond donors (Lipinski definition) is 3. The summed E-state index contributed by atoms with van der Waals surface area (Å²) >= 11 is 0.748. The highest BCUT2D eigenvalue weighted by molar-refractivity contribution is 7.87. The number of hydrogen-bond acceptors (Lipinski definition) is 6. The topological polar surface area (TPSA) is 137 Å². The second kappa shape index (κ2) is 6.32. The van der Waals surface area contributed by atoms with Gasteiger partial charge in [-0.1, -0.05) is 0 Å². The van der Waals surface area contributed by atoms with Gasteiger partial charge < -0.3 is 10.4 Å². The number of carboxylic acids is 1. The molecule has 0 aliphatic rings. The molecule has 11 heteroatoms. The van der Waals surface area contributed by atoms with E-state index in [0.29, 0.717) is 9.99 Å². The number of benzene rings is 1. The van der Waals surface area contributed by atoms with Crippen molar-refractivity contribution in [1.82, 2.24) is 4.98 Å². The molecule has 23 heavy (non-hydrogen) atoms. The van der Waals surface area contributed by atoms with Crippen LogP contribution in [-0.2, 0) is 15.1 Å². The van der Waals surface area contributed by atoms with Crippen molar-refractivity contribution >= 4 is 49.9 Å². The summed E-state index contributed by atoms with van der Waals surface area (Å²) in [5.41, 5.74) is 1.06. The van der Waals surface area contributed by atoms with Crippen LogP contribution in [0.15, 0.2) is 29.8 Å². The van der Waals surface area contributed by atoms with Crippen molar-refractivity contribution in [2.45, 2.75) is 6.92 Å². The van der Waals surface area contributed by atoms with E-state index in [9.17, 15) is 22.6 Å². The van der Waals surface area contributed by atoms with E-state index in [-0.39, 0.29) is 16.6 Å². The number of aromatic carboxylic acids is 1. The van der Waals surface area contributed by atoms with Crippen molar-refractivity contribution in [2.24, 2.45) is 0 Å². The van der Waals surface area contributed by atoms with Gasteiger partial charge in [-0.3, -0.25) is 9.35 Å². The molecule has 0 fully saturated rings. The van der Waals surface area contributed by atoms with Crippen LogP contribution in [0.1, 0.15) is 17.4 Å². The molecular weight excluding hydrogens is 346 g/mol. The second-order valence-corrected chi connectivity index (χ2v) is 6.38. The van der Waals surface area contributed by atoms with Crippen LogP contribution in [0.4, 0.5) is 16.4 Å². The highest BCUT2D eigenvalue weighted by atomic mass is 32.2. The molecule has 0 aliphatic heterocycles.